The first-order valence-corrected chi connectivity index (χ1v) is 8.53. The molecule has 3 aromatic rings. The Labute approximate surface area is 157 Å². The second-order valence-electron chi connectivity index (χ2n) is 5.88. The van der Waals surface area contributed by atoms with E-state index in [4.69, 9.17) is 4.74 Å². The molecule has 5 heteroatoms. The summed E-state index contributed by atoms with van der Waals surface area (Å²) in [5, 5.41) is 2.88. The topological polar surface area (TPSA) is 60.3 Å². The molecule has 0 saturated heterocycles. The van der Waals surface area contributed by atoms with Gasteiger partial charge in [-0.15, -0.1) is 0 Å². The summed E-state index contributed by atoms with van der Waals surface area (Å²) in [5.74, 6) is 0.391. The second-order valence-corrected chi connectivity index (χ2v) is 5.88. The second kappa shape index (κ2) is 8.67. The van der Waals surface area contributed by atoms with Crippen LogP contribution in [0.3, 0.4) is 0 Å². The Morgan fingerprint density at radius 3 is 2.37 bits per heavy atom. The zero-order chi connectivity index (χ0) is 19.1. The SMILES string of the molecule is COc1ccc(C=C(C(=O)NCc2ccccc2)n2ccccc2=O)cc1. The van der Waals surface area contributed by atoms with E-state index in [1.807, 2.05) is 42.5 Å². The van der Waals surface area contributed by atoms with E-state index >= 15 is 0 Å². The third kappa shape index (κ3) is 4.73. The lowest BCUT2D eigenvalue weighted by molar-refractivity contribution is -0.116. The maximum atomic E-state index is 12.8. The molecule has 27 heavy (non-hydrogen) atoms. The highest BCUT2D eigenvalue weighted by Gasteiger charge is 2.13. The van der Waals surface area contributed by atoms with Crippen molar-refractivity contribution in [1.29, 1.82) is 0 Å². The van der Waals surface area contributed by atoms with Crippen LogP contribution < -0.4 is 15.6 Å². The van der Waals surface area contributed by atoms with Crippen LogP contribution in [-0.2, 0) is 11.3 Å². The first-order valence-electron chi connectivity index (χ1n) is 8.53. The number of hydrogen-bond donors (Lipinski definition) is 1. The minimum Gasteiger partial charge on any atom is -0.497 e. The fourth-order valence-electron chi connectivity index (χ4n) is 2.60. The van der Waals surface area contributed by atoms with Crippen molar-refractivity contribution in [3.8, 4) is 5.75 Å². The van der Waals surface area contributed by atoms with Crippen molar-refractivity contribution in [2.24, 2.45) is 0 Å². The van der Waals surface area contributed by atoms with Crippen LogP contribution in [-0.4, -0.2) is 17.6 Å². The Hall–Kier alpha value is -3.60. The summed E-state index contributed by atoms with van der Waals surface area (Å²) < 4.78 is 6.50. The third-order valence-electron chi connectivity index (χ3n) is 4.03. The molecule has 1 N–H and O–H groups in total. The number of carbonyl (C=O) groups excluding carboxylic acids is 1. The first-order chi connectivity index (χ1) is 13.2. The highest BCUT2D eigenvalue weighted by Crippen LogP contribution is 2.15. The van der Waals surface area contributed by atoms with Crippen LogP contribution >= 0.6 is 0 Å². The van der Waals surface area contributed by atoms with E-state index in [0.29, 0.717) is 6.54 Å². The maximum Gasteiger partial charge on any atom is 0.268 e. The maximum absolute atomic E-state index is 12.8. The summed E-state index contributed by atoms with van der Waals surface area (Å²) in [7, 11) is 1.59. The first kappa shape index (κ1) is 18.2. The Balaban J connectivity index is 1.91. The predicted molar refractivity (Wildman–Crippen MR) is 106 cm³/mol. The number of ether oxygens (including phenoxy) is 1. The molecule has 0 spiro atoms. The molecule has 0 aliphatic rings. The summed E-state index contributed by atoms with van der Waals surface area (Å²) >= 11 is 0. The summed E-state index contributed by atoms with van der Waals surface area (Å²) in [6.07, 6.45) is 3.26. The van der Waals surface area contributed by atoms with Crippen molar-refractivity contribution in [3.63, 3.8) is 0 Å². The number of nitrogens with zero attached hydrogens (tertiary/aromatic N) is 1. The van der Waals surface area contributed by atoms with Crippen LogP contribution in [0.25, 0.3) is 11.8 Å². The van der Waals surface area contributed by atoms with Gasteiger partial charge < -0.3 is 10.1 Å². The number of carbonyl (C=O) groups is 1. The summed E-state index contributed by atoms with van der Waals surface area (Å²) in [6.45, 7) is 0.376. The fraction of sp³-hybridized carbons (Fsp3) is 0.0909. The molecule has 0 saturated carbocycles. The van der Waals surface area contributed by atoms with Crippen molar-refractivity contribution in [1.82, 2.24) is 9.88 Å². The van der Waals surface area contributed by atoms with Crippen LogP contribution in [0.1, 0.15) is 11.1 Å². The smallest absolute Gasteiger partial charge is 0.268 e. The third-order valence-corrected chi connectivity index (χ3v) is 4.03. The van der Waals surface area contributed by atoms with Gasteiger partial charge in [-0.2, -0.15) is 0 Å². The van der Waals surface area contributed by atoms with Gasteiger partial charge in [0, 0.05) is 18.8 Å². The Morgan fingerprint density at radius 2 is 1.70 bits per heavy atom. The molecule has 1 heterocycles. The predicted octanol–water partition coefficient (Wildman–Crippen LogP) is 3.17. The van der Waals surface area contributed by atoms with Crippen molar-refractivity contribution >= 4 is 17.7 Å². The lowest BCUT2D eigenvalue weighted by Gasteiger charge is -2.12. The van der Waals surface area contributed by atoms with Crippen molar-refractivity contribution in [2.45, 2.75) is 6.54 Å². The highest BCUT2D eigenvalue weighted by molar-refractivity contribution is 6.18. The largest absolute Gasteiger partial charge is 0.497 e. The number of benzene rings is 2. The molecule has 0 aliphatic carbocycles. The van der Waals surface area contributed by atoms with Crippen molar-refractivity contribution in [2.75, 3.05) is 7.11 Å². The van der Waals surface area contributed by atoms with E-state index in [1.54, 1.807) is 43.6 Å². The van der Waals surface area contributed by atoms with E-state index in [-0.39, 0.29) is 17.2 Å². The van der Waals surface area contributed by atoms with Gasteiger partial charge in [0.2, 0.25) is 0 Å². The molecule has 0 atom stereocenters. The quantitative estimate of drug-likeness (QED) is 0.687. The minimum absolute atomic E-state index is 0.252. The number of hydrogen-bond acceptors (Lipinski definition) is 3. The standard InChI is InChI=1S/C22H20N2O3/c1-27-19-12-10-17(11-13-19)15-20(24-14-6-5-9-21(24)25)22(26)23-16-18-7-3-2-4-8-18/h2-15H,16H2,1H3,(H,23,26). The van der Waals surface area contributed by atoms with Gasteiger partial charge in [0.25, 0.3) is 11.5 Å². The lowest BCUT2D eigenvalue weighted by atomic mass is 10.1. The Morgan fingerprint density at radius 1 is 1.00 bits per heavy atom. The highest BCUT2D eigenvalue weighted by atomic mass is 16.5. The van der Waals surface area contributed by atoms with Crippen LogP contribution in [0.2, 0.25) is 0 Å². The van der Waals surface area contributed by atoms with Crippen LogP contribution in [0.5, 0.6) is 5.75 Å². The minimum atomic E-state index is -0.331. The molecular weight excluding hydrogens is 340 g/mol. The van der Waals surface area contributed by atoms with E-state index in [2.05, 4.69) is 5.32 Å². The molecule has 5 nitrogen and oxygen atoms in total. The molecular formula is C22H20N2O3. The van der Waals surface area contributed by atoms with Gasteiger partial charge in [0.05, 0.1) is 7.11 Å². The number of rotatable bonds is 6. The van der Waals surface area contributed by atoms with E-state index < -0.39 is 0 Å². The zero-order valence-electron chi connectivity index (χ0n) is 15.0. The lowest BCUT2D eigenvalue weighted by Crippen LogP contribution is -2.30. The van der Waals surface area contributed by atoms with Crippen molar-refractivity contribution in [3.05, 3.63) is 100 Å². The average molecular weight is 360 g/mol. The molecule has 0 aliphatic heterocycles. The molecule has 0 fully saturated rings. The van der Waals surface area contributed by atoms with E-state index in [1.165, 1.54) is 10.6 Å². The normalized spacial score (nSPS) is 11.1. The molecule has 1 amide bonds. The number of aromatic nitrogens is 1. The van der Waals surface area contributed by atoms with E-state index in [0.717, 1.165) is 16.9 Å². The average Bonchev–Trinajstić information content (AvgIpc) is 2.72. The monoisotopic (exact) mass is 360 g/mol. The number of pyridine rings is 1. The zero-order valence-corrected chi connectivity index (χ0v) is 15.0. The summed E-state index contributed by atoms with van der Waals surface area (Å²) in [4.78, 5) is 25.1. The van der Waals surface area contributed by atoms with Gasteiger partial charge >= 0.3 is 0 Å². The van der Waals surface area contributed by atoms with Gasteiger partial charge in [0.1, 0.15) is 11.4 Å². The van der Waals surface area contributed by atoms with Crippen LogP contribution in [0, 0.1) is 0 Å². The van der Waals surface area contributed by atoms with Crippen LogP contribution in [0.4, 0.5) is 0 Å². The van der Waals surface area contributed by atoms with E-state index in [9.17, 15) is 9.59 Å². The molecule has 136 valence electrons. The molecule has 3 rings (SSSR count). The molecule has 0 unspecified atom stereocenters. The Kier molecular flexibility index (Phi) is 5.84. The van der Waals surface area contributed by atoms with Crippen molar-refractivity contribution < 1.29 is 9.53 Å². The van der Waals surface area contributed by atoms with Gasteiger partial charge in [-0.05, 0) is 35.4 Å². The van der Waals surface area contributed by atoms with Gasteiger partial charge in [-0.1, -0.05) is 48.5 Å². The molecule has 0 bridgehead atoms. The van der Waals surface area contributed by atoms with Gasteiger partial charge in [-0.25, -0.2) is 0 Å². The van der Waals surface area contributed by atoms with Gasteiger partial charge in [0.15, 0.2) is 0 Å². The Bertz CT molecular complexity index is 990. The van der Waals surface area contributed by atoms with Crippen LogP contribution in [0.15, 0.2) is 83.8 Å². The molecule has 2 aromatic carbocycles. The molecule has 1 aromatic heterocycles. The number of methoxy groups -OCH3 is 1. The van der Waals surface area contributed by atoms with Gasteiger partial charge in [-0.3, -0.25) is 14.2 Å². The fourth-order valence-corrected chi connectivity index (χ4v) is 2.60. The number of amides is 1. The summed E-state index contributed by atoms with van der Waals surface area (Å²) in [5.41, 5.74) is 1.75. The molecule has 0 radical (unpaired) electrons. The number of nitrogens with one attached hydrogen (secondary N) is 1. The summed E-state index contributed by atoms with van der Waals surface area (Å²) in [6, 6.07) is 21.7.